The summed E-state index contributed by atoms with van der Waals surface area (Å²) in [4.78, 5) is 16.0. The first-order valence-electron chi connectivity index (χ1n) is 5.51. The highest BCUT2D eigenvalue weighted by Gasteiger charge is 2.10. The first-order chi connectivity index (χ1) is 9.22. The molecular formula is C13H9NO4S. The number of hydrogen-bond donors (Lipinski definition) is 1. The molecule has 0 atom stereocenters. The summed E-state index contributed by atoms with van der Waals surface area (Å²) in [7, 11) is 0. The molecule has 96 valence electrons. The fraction of sp³-hybridized carbons (Fsp3) is 0.0769. The summed E-state index contributed by atoms with van der Waals surface area (Å²) < 4.78 is 10.8. The first-order valence-corrected chi connectivity index (χ1v) is 6.39. The summed E-state index contributed by atoms with van der Waals surface area (Å²) in [6, 6.07) is 8.41. The standard InChI is InChI=1S/C13H9NO4S/c15-12(16)8-3-4-10-11(6-8)18-13(14-10)17-7-9-2-1-5-19-9/h1-6H,7H2,(H,15,16). The van der Waals surface area contributed by atoms with Crippen LogP contribution in [0.25, 0.3) is 11.1 Å². The quantitative estimate of drug-likeness (QED) is 0.791. The number of ether oxygens (including phenoxy) is 1. The summed E-state index contributed by atoms with van der Waals surface area (Å²) in [5.41, 5.74) is 1.14. The molecule has 3 aromatic rings. The maximum absolute atomic E-state index is 10.8. The minimum absolute atomic E-state index is 0.144. The predicted octanol–water partition coefficient (Wildman–Crippen LogP) is 3.17. The van der Waals surface area contributed by atoms with Crippen molar-refractivity contribution in [2.45, 2.75) is 6.61 Å². The average Bonchev–Trinajstić information content (AvgIpc) is 3.04. The highest BCUT2D eigenvalue weighted by Crippen LogP contribution is 2.23. The molecule has 0 aliphatic carbocycles. The Balaban J connectivity index is 1.83. The van der Waals surface area contributed by atoms with E-state index in [4.69, 9.17) is 14.3 Å². The third-order valence-electron chi connectivity index (χ3n) is 2.53. The zero-order chi connectivity index (χ0) is 13.2. The second-order valence-corrected chi connectivity index (χ2v) is 4.87. The molecule has 0 bridgehead atoms. The lowest BCUT2D eigenvalue weighted by atomic mass is 10.2. The van der Waals surface area contributed by atoms with Gasteiger partial charge in [-0.15, -0.1) is 11.3 Å². The Morgan fingerprint density at radius 3 is 3.05 bits per heavy atom. The number of thiophene rings is 1. The SMILES string of the molecule is O=C(O)c1ccc2nc(OCc3cccs3)oc2c1. The lowest BCUT2D eigenvalue weighted by Gasteiger charge is -1.96. The number of carboxylic acid groups (broad SMARTS) is 1. The normalized spacial score (nSPS) is 10.7. The van der Waals surface area contributed by atoms with Crippen molar-refractivity contribution in [1.29, 1.82) is 0 Å². The monoisotopic (exact) mass is 275 g/mol. The topological polar surface area (TPSA) is 72.6 Å². The largest absolute Gasteiger partial charge is 0.478 e. The molecule has 0 amide bonds. The van der Waals surface area contributed by atoms with Crippen LogP contribution in [0.3, 0.4) is 0 Å². The van der Waals surface area contributed by atoms with Crippen molar-refractivity contribution >= 4 is 28.4 Å². The van der Waals surface area contributed by atoms with Gasteiger partial charge in [0.2, 0.25) is 0 Å². The molecule has 1 aromatic carbocycles. The van der Waals surface area contributed by atoms with E-state index in [0.717, 1.165) is 4.88 Å². The van der Waals surface area contributed by atoms with Gasteiger partial charge < -0.3 is 14.3 Å². The Morgan fingerprint density at radius 2 is 2.32 bits per heavy atom. The lowest BCUT2D eigenvalue weighted by molar-refractivity contribution is 0.0697. The molecule has 0 spiro atoms. The number of carboxylic acids is 1. The van der Waals surface area contributed by atoms with Crippen LogP contribution in [0, 0.1) is 0 Å². The van der Waals surface area contributed by atoms with Gasteiger partial charge in [-0.25, -0.2) is 4.79 Å². The van der Waals surface area contributed by atoms with Crippen molar-refractivity contribution < 1.29 is 19.1 Å². The van der Waals surface area contributed by atoms with E-state index in [2.05, 4.69) is 4.98 Å². The molecular weight excluding hydrogens is 266 g/mol. The maximum atomic E-state index is 10.8. The fourth-order valence-electron chi connectivity index (χ4n) is 1.63. The molecule has 2 aromatic heterocycles. The summed E-state index contributed by atoms with van der Waals surface area (Å²) >= 11 is 1.58. The molecule has 0 saturated heterocycles. The molecule has 1 N–H and O–H groups in total. The minimum Gasteiger partial charge on any atom is -0.478 e. The number of carbonyl (C=O) groups is 1. The van der Waals surface area contributed by atoms with Crippen LogP contribution in [0.2, 0.25) is 0 Å². The van der Waals surface area contributed by atoms with E-state index >= 15 is 0 Å². The van der Waals surface area contributed by atoms with Crippen molar-refractivity contribution in [3.05, 3.63) is 46.2 Å². The number of nitrogens with zero attached hydrogens (tertiary/aromatic N) is 1. The molecule has 2 heterocycles. The van der Waals surface area contributed by atoms with Crippen LogP contribution in [-0.2, 0) is 6.61 Å². The van der Waals surface area contributed by atoms with Crippen molar-refractivity contribution in [2.24, 2.45) is 0 Å². The van der Waals surface area contributed by atoms with E-state index < -0.39 is 5.97 Å². The van der Waals surface area contributed by atoms with Gasteiger partial charge in [-0.3, -0.25) is 0 Å². The summed E-state index contributed by atoms with van der Waals surface area (Å²) in [6.45, 7) is 0.385. The van der Waals surface area contributed by atoms with Gasteiger partial charge in [0, 0.05) is 4.88 Å². The number of benzene rings is 1. The van der Waals surface area contributed by atoms with Crippen LogP contribution in [0.15, 0.2) is 40.1 Å². The predicted molar refractivity (Wildman–Crippen MR) is 69.6 cm³/mol. The van der Waals surface area contributed by atoms with E-state index in [1.807, 2.05) is 17.5 Å². The van der Waals surface area contributed by atoms with Gasteiger partial charge in [0.15, 0.2) is 5.58 Å². The Hall–Kier alpha value is -2.34. The summed E-state index contributed by atoms with van der Waals surface area (Å²) in [5.74, 6) is -1.00. The maximum Gasteiger partial charge on any atom is 0.395 e. The number of oxazole rings is 1. The van der Waals surface area contributed by atoms with Gasteiger partial charge in [0.1, 0.15) is 12.1 Å². The highest BCUT2D eigenvalue weighted by atomic mass is 32.1. The first kappa shape index (κ1) is 11.7. The minimum atomic E-state index is -1.00. The molecule has 5 nitrogen and oxygen atoms in total. The van der Waals surface area contributed by atoms with E-state index in [-0.39, 0.29) is 11.6 Å². The molecule has 0 saturated carbocycles. The Morgan fingerprint density at radius 1 is 1.42 bits per heavy atom. The molecule has 0 aliphatic heterocycles. The Labute approximate surface area is 112 Å². The van der Waals surface area contributed by atoms with Crippen molar-refractivity contribution in [1.82, 2.24) is 4.98 Å². The van der Waals surface area contributed by atoms with Crippen LogP contribution in [-0.4, -0.2) is 16.1 Å². The fourth-order valence-corrected chi connectivity index (χ4v) is 2.24. The van der Waals surface area contributed by atoms with E-state index in [9.17, 15) is 4.79 Å². The molecule has 0 aliphatic rings. The van der Waals surface area contributed by atoms with E-state index in [1.165, 1.54) is 12.1 Å². The summed E-state index contributed by atoms with van der Waals surface area (Å²) in [5, 5.41) is 10.8. The van der Waals surface area contributed by atoms with Gasteiger partial charge in [0.05, 0.1) is 5.56 Å². The number of aromatic nitrogens is 1. The number of hydrogen-bond acceptors (Lipinski definition) is 5. The Bertz CT molecular complexity index is 717. The third-order valence-corrected chi connectivity index (χ3v) is 3.38. The van der Waals surface area contributed by atoms with Crippen LogP contribution in [0.5, 0.6) is 6.08 Å². The molecule has 0 unspecified atom stereocenters. The van der Waals surface area contributed by atoms with E-state index in [1.54, 1.807) is 17.4 Å². The average molecular weight is 275 g/mol. The van der Waals surface area contributed by atoms with Crippen LogP contribution < -0.4 is 4.74 Å². The zero-order valence-corrected chi connectivity index (χ0v) is 10.5. The zero-order valence-electron chi connectivity index (χ0n) is 9.70. The van der Waals surface area contributed by atoms with Gasteiger partial charge in [0.25, 0.3) is 0 Å². The second-order valence-electron chi connectivity index (χ2n) is 3.84. The lowest BCUT2D eigenvalue weighted by Crippen LogP contribution is -1.94. The van der Waals surface area contributed by atoms with E-state index in [0.29, 0.717) is 17.7 Å². The van der Waals surface area contributed by atoms with Crippen molar-refractivity contribution in [3.8, 4) is 6.08 Å². The van der Waals surface area contributed by atoms with Crippen molar-refractivity contribution in [3.63, 3.8) is 0 Å². The van der Waals surface area contributed by atoms with Crippen LogP contribution in [0.4, 0.5) is 0 Å². The van der Waals surface area contributed by atoms with Gasteiger partial charge in [-0.2, -0.15) is 4.98 Å². The molecule has 6 heteroatoms. The van der Waals surface area contributed by atoms with Crippen LogP contribution >= 0.6 is 11.3 Å². The number of rotatable bonds is 4. The summed E-state index contributed by atoms with van der Waals surface area (Å²) in [6.07, 6.45) is 0.144. The Kier molecular flexibility index (Phi) is 2.92. The van der Waals surface area contributed by atoms with Gasteiger partial charge >= 0.3 is 12.0 Å². The molecule has 19 heavy (non-hydrogen) atoms. The number of aromatic carboxylic acids is 1. The van der Waals surface area contributed by atoms with Gasteiger partial charge in [-0.05, 0) is 29.6 Å². The molecule has 3 rings (SSSR count). The van der Waals surface area contributed by atoms with Crippen molar-refractivity contribution in [2.75, 3.05) is 0 Å². The second kappa shape index (κ2) is 4.74. The smallest absolute Gasteiger partial charge is 0.395 e. The van der Waals surface area contributed by atoms with Gasteiger partial charge in [-0.1, -0.05) is 6.07 Å². The third kappa shape index (κ3) is 2.43. The number of fused-ring (bicyclic) bond motifs is 1. The van der Waals surface area contributed by atoms with Crippen LogP contribution in [0.1, 0.15) is 15.2 Å². The highest BCUT2D eigenvalue weighted by molar-refractivity contribution is 7.09. The molecule has 0 radical (unpaired) electrons. The molecule has 0 fully saturated rings.